The van der Waals surface area contributed by atoms with Gasteiger partial charge in [0.1, 0.15) is 4.88 Å². The highest BCUT2D eigenvalue weighted by molar-refractivity contribution is 7.12. The lowest BCUT2D eigenvalue weighted by Gasteiger charge is -1.90. The van der Waals surface area contributed by atoms with Crippen molar-refractivity contribution in [3.05, 3.63) is 15.8 Å². The van der Waals surface area contributed by atoms with E-state index in [1.54, 1.807) is 5.38 Å². The molecule has 1 aliphatic heterocycles. The van der Waals surface area contributed by atoms with Gasteiger partial charge in [0, 0.05) is 5.38 Å². The predicted molar refractivity (Wildman–Crippen MR) is 39.5 cm³/mol. The molecule has 0 saturated heterocycles. The van der Waals surface area contributed by atoms with E-state index in [0.29, 0.717) is 22.5 Å². The van der Waals surface area contributed by atoms with Crippen molar-refractivity contribution in [3.63, 3.8) is 0 Å². The zero-order chi connectivity index (χ0) is 7.84. The Morgan fingerprint density at radius 1 is 1.64 bits per heavy atom. The molecule has 0 bridgehead atoms. The molecule has 2 heterocycles. The molecule has 1 aliphatic rings. The second kappa shape index (κ2) is 2.17. The van der Waals surface area contributed by atoms with Crippen LogP contribution in [-0.2, 0) is 0 Å². The van der Waals surface area contributed by atoms with Gasteiger partial charge in [0.15, 0.2) is 18.6 Å². The predicted octanol–water partition coefficient (Wildman–Crippen LogP) is 1.14. The number of carbonyl (C=O) groups excluding carboxylic acids is 2. The van der Waals surface area contributed by atoms with Crippen LogP contribution in [0.2, 0.25) is 0 Å². The molecular weight excluding hydrogens is 164 g/mol. The van der Waals surface area contributed by atoms with E-state index < -0.39 is 0 Å². The van der Waals surface area contributed by atoms with E-state index in [-0.39, 0.29) is 12.4 Å². The van der Waals surface area contributed by atoms with Crippen molar-refractivity contribution < 1.29 is 14.3 Å². The van der Waals surface area contributed by atoms with Gasteiger partial charge in [0.25, 0.3) is 0 Å². The molecule has 3 nitrogen and oxygen atoms in total. The molecule has 0 atom stereocenters. The average molecular weight is 168 g/mol. The second-order valence-electron chi connectivity index (χ2n) is 2.17. The molecule has 0 N–H and O–H groups in total. The molecule has 1 aromatic rings. The molecule has 0 aromatic carbocycles. The Balaban J connectivity index is 2.60. The molecule has 0 fully saturated rings. The minimum atomic E-state index is -0.0376. The summed E-state index contributed by atoms with van der Waals surface area (Å²) in [7, 11) is 0. The van der Waals surface area contributed by atoms with Gasteiger partial charge in [-0.3, -0.25) is 9.59 Å². The number of fused-ring (bicyclic) bond motifs is 1. The topological polar surface area (TPSA) is 43.4 Å². The van der Waals surface area contributed by atoms with Crippen LogP contribution in [0.25, 0.3) is 0 Å². The Morgan fingerprint density at radius 2 is 2.45 bits per heavy atom. The highest BCUT2D eigenvalue weighted by Crippen LogP contribution is 2.33. The summed E-state index contributed by atoms with van der Waals surface area (Å²) in [5.74, 6) is 0.430. The Bertz CT molecular complexity index is 326. The molecule has 0 saturated carbocycles. The third kappa shape index (κ3) is 0.793. The zero-order valence-electron chi connectivity index (χ0n) is 5.49. The van der Waals surface area contributed by atoms with E-state index in [0.717, 1.165) is 0 Å². The van der Waals surface area contributed by atoms with E-state index in [1.807, 2.05) is 0 Å². The first-order chi connectivity index (χ1) is 5.33. The lowest BCUT2D eigenvalue weighted by Crippen LogP contribution is -1.99. The Morgan fingerprint density at radius 3 is 3.18 bits per heavy atom. The van der Waals surface area contributed by atoms with Gasteiger partial charge in [-0.2, -0.15) is 0 Å². The van der Waals surface area contributed by atoms with E-state index in [4.69, 9.17) is 4.74 Å². The van der Waals surface area contributed by atoms with Crippen molar-refractivity contribution in [3.8, 4) is 5.75 Å². The van der Waals surface area contributed by atoms with Crippen LogP contribution in [0.15, 0.2) is 5.38 Å². The number of carbonyl (C=O) groups is 2. The molecule has 4 heteroatoms. The molecule has 0 radical (unpaired) electrons. The molecular formula is C7H4O3S. The molecule has 0 unspecified atom stereocenters. The summed E-state index contributed by atoms with van der Waals surface area (Å²) < 4.78 is 5.00. The maximum Gasteiger partial charge on any atom is 0.204 e. The highest BCUT2D eigenvalue weighted by atomic mass is 32.1. The molecule has 2 rings (SSSR count). The van der Waals surface area contributed by atoms with Crippen LogP contribution in [0.3, 0.4) is 0 Å². The van der Waals surface area contributed by atoms with Gasteiger partial charge in [0.2, 0.25) is 5.78 Å². The number of rotatable bonds is 1. The number of ketones is 1. The van der Waals surface area contributed by atoms with Crippen LogP contribution < -0.4 is 4.74 Å². The van der Waals surface area contributed by atoms with Crippen LogP contribution in [0, 0.1) is 0 Å². The molecule has 0 spiro atoms. The van der Waals surface area contributed by atoms with E-state index in [9.17, 15) is 9.59 Å². The summed E-state index contributed by atoms with van der Waals surface area (Å²) in [6, 6.07) is 0. The van der Waals surface area contributed by atoms with E-state index in [2.05, 4.69) is 0 Å². The maximum atomic E-state index is 11.0. The van der Waals surface area contributed by atoms with Crippen molar-refractivity contribution in [1.82, 2.24) is 0 Å². The van der Waals surface area contributed by atoms with Gasteiger partial charge in [0.05, 0.1) is 5.56 Å². The van der Waals surface area contributed by atoms with Crippen LogP contribution in [0.4, 0.5) is 0 Å². The second-order valence-corrected chi connectivity index (χ2v) is 3.08. The largest absolute Gasteiger partial charge is 0.483 e. The Kier molecular flexibility index (Phi) is 1.29. The Hall–Kier alpha value is -1.16. The average Bonchev–Trinajstić information content (AvgIpc) is 2.53. The maximum absolute atomic E-state index is 11.0. The smallest absolute Gasteiger partial charge is 0.204 e. The van der Waals surface area contributed by atoms with Crippen molar-refractivity contribution in [1.29, 1.82) is 0 Å². The standard InChI is InChI=1S/C7H4O3S/c8-1-6-7-4(3-11-6)5(9)2-10-7/h1,3H,2H2. The van der Waals surface area contributed by atoms with Crippen LogP contribution in [-0.4, -0.2) is 18.7 Å². The number of aldehydes is 1. The monoisotopic (exact) mass is 168 g/mol. The molecule has 1 aromatic heterocycles. The first kappa shape index (κ1) is 6.54. The number of ether oxygens (including phenoxy) is 1. The highest BCUT2D eigenvalue weighted by Gasteiger charge is 2.25. The normalized spacial score (nSPS) is 14.4. The number of hydrogen-bond acceptors (Lipinski definition) is 4. The van der Waals surface area contributed by atoms with Crippen LogP contribution >= 0.6 is 11.3 Å². The first-order valence-electron chi connectivity index (χ1n) is 3.05. The summed E-state index contributed by atoms with van der Waals surface area (Å²) in [6.07, 6.45) is 0.710. The fourth-order valence-corrected chi connectivity index (χ4v) is 1.81. The summed E-state index contributed by atoms with van der Waals surface area (Å²) in [4.78, 5) is 21.8. The first-order valence-corrected chi connectivity index (χ1v) is 3.93. The Labute approximate surface area is 66.6 Å². The number of hydrogen-bond donors (Lipinski definition) is 0. The number of thiophene rings is 1. The fourth-order valence-electron chi connectivity index (χ4n) is 1.00. The zero-order valence-corrected chi connectivity index (χ0v) is 6.31. The minimum absolute atomic E-state index is 0.0376. The lowest BCUT2D eigenvalue weighted by molar-refractivity contribution is 0.0959. The van der Waals surface area contributed by atoms with Gasteiger partial charge >= 0.3 is 0 Å². The SMILES string of the molecule is O=Cc1scc2c1OCC2=O. The van der Waals surface area contributed by atoms with Crippen LogP contribution in [0.1, 0.15) is 20.0 Å². The lowest BCUT2D eigenvalue weighted by atomic mass is 10.2. The summed E-state index contributed by atoms with van der Waals surface area (Å²) in [5, 5.41) is 1.66. The van der Waals surface area contributed by atoms with E-state index >= 15 is 0 Å². The van der Waals surface area contributed by atoms with Crippen molar-refractivity contribution in [2.45, 2.75) is 0 Å². The quantitative estimate of drug-likeness (QED) is 0.590. The third-order valence-electron chi connectivity index (χ3n) is 1.53. The molecule has 11 heavy (non-hydrogen) atoms. The molecule has 0 amide bonds. The van der Waals surface area contributed by atoms with E-state index in [1.165, 1.54) is 11.3 Å². The summed E-state index contributed by atoms with van der Waals surface area (Å²) in [6.45, 7) is 0.0824. The van der Waals surface area contributed by atoms with Crippen molar-refractivity contribution in [2.24, 2.45) is 0 Å². The van der Waals surface area contributed by atoms with Gasteiger partial charge in [-0.25, -0.2) is 0 Å². The summed E-state index contributed by atoms with van der Waals surface area (Å²) >= 11 is 1.24. The van der Waals surface area contributed by atoms with Crippen molar-refractivity contribution >= 4 is 23.4 Å². The molecule has 56 valence electrons. The third-order valence-corrected chi connectivity index (χ3v) is 2.42. The van der Waals surface area contributed by atoms with Gasteiger partial charge in [-0.15, -0.1) is 11.3 Å². The van der Waals surface area contributed by atoms with Gasteiger partial charge in [-0.1, -0.05) is 0 Å². The fraction of sp³-hybridized carbons (Fsp3) is 0.143. The van der Waals surface area contributed by atoms with Crippen LogP contribution in [0.5, 0.6) is 5.75 Å². The number of Topliss-reactive ketones (excluding diaryl/α,β-unsaturated/α-hetero) is 1. The van der Waals surface area contributed by atoms with Gasteiger partial charge < -0.3 is 4.74 Å². The van der Waals surface area contributed by atoms with Gasteiger partial charge in [-0.05, 0) is 0 Å². The minimum Gasteiger partial charge on any atom is -0.483 e. The van der Waals surface area contributed by atoms with Crippen molar-refractivity contribution in [2.75, 3.05) is 6.61 Å². The molecule has 0 aliphatic carbocycles. The summed E-state index contributed by atoms with van der Waals surface area (Å²) in [5.41, 5.74) is 0.553.